The maximum absolute atomic E-state index is 12.5. The van der Waals surface area contributed by atoms with Gasteiger partial charge in [0.05, 0.1) is 18.8 Å². The number of carbonyl (C=O) groups excluding carboxylic acids is 1. The van der Waals surface area contributed by atoms with Crippen molar-refractivity contribution in [3.63, 3.8) is 0 Å². The summed E-state index contributed by atoms with van der Waals surface area (Å²) in [6.07, 6.45) is 4.06. The molecule has 0 spiro atoms. The molecule has 0 aliphatic heterocycles. The average molecular weight is 416 g/mol. The molecule has 0 saturated heterocycles. The third-order valence-corrected chi connectivity index (χ3v) is 4.90. The highest BCUT2D eigenvalue weighted by Crippen LogP contribution is 2.13. The molecule has 3 aromatic carbocycles. The van der Waals surface area contributed by atoms with E-state index in [1.165, 1.54) is 0 Å². The van der Waals surface area contributed by atoms with Crippen molar-refractivity contribution in [2.45, 2.75) is 38.7 Å². The molecule has 31 heavy (non-hydrogen) atoms. The smallest absolute Gasteiger partial charge is 0.408 e. The SMILES string of the molecule is CC[C@H](OCc1ccccc1)[C@@H](C=Cc1ccccc1)NC(=O)OCc1ccccc1. The second-order valence-electron chi connectivity index (χ2n) is 7.24. The van der Waals surface area contributed by atoms with Gasteiger partial charge in [0.1, 0.15) is 6.61 Å². The number of alkyl carbamates (subject to hydrolysis) is 1. The zero-order chi connectivity index (χ0) is 21.7. The fourth-order valence-electron chi connectivity index (χ4n) is 3.20. The fourth-order valence-corrected chi connectivity index (χ4v) is 3.20. The van der Waals surface area contributed by atoms with Gasteiger partial charge in [-0.25, -0.2) is 4.79 Å². The molecule has 0 unspecified atom stereocenters. The highest BCUT2D eigenvalue weighted by molar-refractivity contribution is 5.68. The fraction of sp³-hybridized carbons (Fsp3) is 0.222. The molecule has 3 aromatic rings. The molecule has 2 atom stereocenters. The van der Waals surface area contributed by atoms with Crippen molar-refractivity contribution < 1.29 is 14.3 Å². The van der Waals surface area contributed by atoms with E-state index in [2.05, 4.69) is 12.2 Å². The molecule has 4 nitrogen and oxygen atoms in total. The molecule has 3 rings (SSSR count). The largest absolute Gasteiger partial charge is 0.445 e. The van der Waals surface area contributed by atoms with Crippen molar-refractivity contribution >= 4 is 12.2 Å². The summed E-state index contributed by atoms with van der Waals surface area (Å²) in [6, 6.07) is 29.3. The third-order valence-electron chi connectivity index (χ3n) is 4.90. The minimum Gasteiger partial charge on any atom is -0.445 e. The monoisotopic (exact) mass is 415 g/mol. The molecule has 0 aromatic heterocycles. The predicted molar refractivity (Wildman–Crippen MR) is 124 cm³/mol. The van der Waals surface area contributed by atoms with Crippen LogP contribution < -0.4 is 5.32 Å². The zero-order valence-corrected chi connectivity index (χ0v) is 17.8. The van der Waals surface area contributed by atoms with Crippen LogP contribution in [0.15, 0.2) is 97.1 Å². The minimum atomic E-state index is -0.465. The minimum absolute atomic E-state index is 0.190. The van der Waals surface area contributed by atoms with Crippen molar-refractivity contribution in [2.75, 3.05) is 0 Å². The molecular formula is C27H29NO3. The van der Waals surface area contributed by atoms with Gasteiger partial charge in [0, 0.05) is 0 Å². The van der Waals surface area contributed by atoms with Gasteiger partial charge < -0.3 is 14.8 Å². The standard InChI is InChI=1S/C27H29NO3/c1-2-26(30-20-23-14-8-4-9-15-23)25(19-18-22-12-6-3-7-13-22)28-27(29)31-21-24-16-10-5-11-17-24/h3-19,25-26H,2,20-21H2,1H3,(H,28,29)/t25-,26+/m1/s1. The van der Waals surface area contributed by atoms with Crippen molar-refractivity contribution in [1.82, 2.24) is 5.32 Å². The molecule has 160 valence electrons. The molecule has 4 heteroatoms. The van der Waals surface area contributed by atoms with Crippen molar-refractivity contribution in [3.05, 3.63) is 114 Å². The third kappa shape index (κ3) is 7.76. The van der Waals surface area contributed by atoms with E-state index in [0.29, 0.717) is 6.61 Å². The Morgan fingerprint density at radius 3 is 1.97 bits per heavy atom. The summed E-state index contributed by atoms with van der Waals surface area (Å²) in [5.74, 6) is 0. The van der Waals surface area contributed by atoms with Gasteiger partial charge in [-0.15, -0.1) is 0 Å². The summed E-state index contributed by atoms with van der Waals surface area (Å²) in [7, 11) is 0. The number of nitrogens with one attached hydrogen (secondary N) is 1. The molecule has 0 fully saturated rings. The maximum Gasteiger partial charge on any atom is 0.408 e. The Morgan fingerprint density at radius 2 is 1.39 bits per heavy atom. The van der Waals surface area contributed by atoms with Gasteiger partial charge >= 0.3 is 6.09 Å². The molecule has 0 aliphatic rings. The van der Waals surface area contributed by atoms with Crippen LogP contribution in [0, 0.1) is 0 Å². The van der Waals surface area contributed by atoms with Crippen molar-refractivity contribution in [1.29, 1.82) is 0 Å². The Balaban J connectivity index is 1.66. The van der Waals surface area contributed by atoms with Crippen LogP contribution in [0.2, 0.25) is 0 Å². The second-order valence-corrected chi connectivity index (χ2v) is 7.24. The van der Waals surface area contributed by atoms with Gasteiger partial charge in [-0.05, 0) is 23.1 Å². The lowest BCUT2D eigenvalue weighted by molar-refractivity contribution is 0.0215. The van der Waals surface area contributed by atoms with E-state index in [4.69, 9.17) is 9.47 Å². The van der Waals surface area contributed by atoms with Gasteiger partial charge in [-0.2, -0.15) is 0 Å². The molecule has 1 N–H and O–H groups in total. The Labute approximate surface area is 184 Å². The Hall–Kier alpha value is -3.37. The molecule has 0 bridgehead atoms. The lowest BCUT2D eigenvalue weighted by Gasteiger charge is -2.25. The van der Waals surface area contributed by atoms with E-state index in [1.807, 2.05) is 103 Å². The number of ether oxygens (including phenoxy) is 2. The van der Waals surface area contributed by atoms with Crippen LogP contribution in [0.4, 0.5) is 4.79 Å². The topological polar surface area (TPSA) is 47.6 Å². The van der Waals surface area contributed by atoms with Gasteiger partial charge in [-0.3, -0.25) is 0 Å². The predicted octanol–water partition coefficient (Wildman–Crippen LogP) is 5.99. The number of benzene rings is 3. The van der Waals surface area contributed by atoms with Crippen LogP contribution in [0.1, 0.15) is 30.0 Å². The van der Waals surface area contributed by atoms with E-state index in [9.17, 15) is 4.79 Å². The van der Waals surface area contributed by atoms with E-state index >= 15 is 0 Å². The molecule has 0 heterocycles. The molecule has 0 saturated carbocycles. The zero-order valence-electron chi connectivity index (χ0n) is 17.8. The van der Waals surface area contributed by atoms with E-state index < -0.39 is 6.09 Å². The molecule has 0 aliphatic carbocycles. The molecular weight excluding hydrogens is 386 g/mol. The van der Waals surface area contributed by atoms with Crippen LogP contribution in [-0.2, 0) is 22.7 Å². The second kappa shape index (κ2) is 12.4. The first-order chi connectivity index (χ1) is 15.2. The Morgan fingerprint density at radius 1 is 0.839 bits per heavy atom. The summed E-state index contributed by atoms with van der Waals surface area (Å²) >= 11 is 0. The Bertz CT molecular complexity index is 926. The first kappa shape index (κ1) is 22.3. The van der Waals surface area contributed by atoms with Crippen LogP contribution in [0.25, 0.3) is 6.08 Å². The number of hydrogen-bond donors (Lipinski definition) is 1. The summed E-state index contributed by atoms with van der Waals surface area (Å²) < 4.78 is 11.6. The molecule has 1 amide bonds. The van der Waals surface area contributed by atoms with Gasteiger partial charge in [0.2, 0.25) is 0 Å². The summed E-state index contributed by atoms with van der Waals surface area (Å²) in [4.78, 5) is 12.5. The normalized spacial score (nSPS) is 12.9. The van der Waals surface area contributed by atoms with Crippen molar-refractivity contribution in [2.24, 2.45) is 0 Å². The summed E-state index contributed by atoms with van der Waals surface area (Å²) in [5.41, 5.74) is 3.10. The first-order valence-electron chi connectivity index (χ1n) is 10.6. The van der Waals surface area contributed by atoms with E-state index in [-0.39, 0.29) is 18.8 Å². The summed E-state index contributed by atoms with van der Waals surface area (Å²) in [5, 5.41) is 2.97. The highest BCUT2D eigenvalue weighted by atomic mass is 16.5. The quantitative estimate of drug-likeness (QED) is 0.442. The van der Waals surface area contributed by atoms with Gasteiger partial charge in [0.15, 0.2) is 0 Å². The van der Waals surface area contributed by atoms with Gasteiger partial charge in [0.25, 0.3) is 0 Å². The number of hydrogen-bond acceptors (Lipinski definition) is 3. The average Bonchev–Trinajstić information content (AvgIpc) is 2.83. The lowest BCUT2D eigenvalue weighted by Crippen LogP contribution is -2.43. The highest BCUT2D eigenvalue weighted by Gasteiger charge is 2.21. The Kier molecular flexibility index (Phi) is 8.89. The van der Waals surface area contributed by atoms with E-state index in [0.717, 1.165) is 23.1 Å². The first-order valence-corrected chi connectivity index (χ1v) is 10.6. The maximum atomic E-state index is 12.5. The van der Waals surface area contributed by atoms with E-state index in [1.54, 1.807) is 0 Å². The lowest BCUT2D eigenvalue weighted by atomic mass is 10.1. The van der Waals surface area contributed by atoms with Gasteiger partial charge in [-0.1, -0.05) is 110 Å². The number of carbonyl (C=O) groups is 1. The van der Waals surface area contributed by atoms with Crippen LogP contribution in [0.5, 0.6) is 0 Å². The van der Waals surface area contributed by atoms with Crippen LogP contribution in [-0.4, -0.2) is 18.2 Å². The van der Waals surface area contributed by atoms with Crippen molar-refractivity contribution in [3.8, 4) is 0 Å². The van der Waals surface area contributed by atoms with Crippen LogP contribution in [0.3, 0.4) is 0 Å². The number of amides is 1. The number of rotatable bonds is 10. The summed E-state index contributed by atoms with van der Waals surface area (Å²) in [6.45, 7) is 2.76. The molecule has 0 radical (unpaired) electrons. The van der Waals surface area contributed by atoms with Crippen LogP contribution >= 0.6 is 0 Å².